The van der Waals surface area contributed by atoms with Gasteiger partial charge in [0, 0.05) is 24.8 Å². The summed E-state index contributed by atoms with van der Waals surface area (Å²) < 4.78 is 0. The zero-order valence-electron chi connectivity index (χ0n) is 10.6. The van der Waals surface area contributed by atoms with E-state index in [-0.39, 0.29) is 5.91 Å². The van der Waals surface area contributed by atoms with Crippen molar-refractivity contribution in [3.63, 3.8) is 0 Å². The minimum absolute atomic E-state index is 0.0776. The van der Waals surface area contributed by atoms with Crippen LogP contribution in [-0.4, -0.2) is 45.9 Å². The Morgan fingerprint density at radius 1 is 1.28 bits per heavy atom. The Balaban J connectivity index is 3.02. The summed E-state index contributed by atoms with van der Waals surface area (Å²) in [5.41, 5.74) is 2.03. The molecule has 0 aliphatic carbocycles. The maximum atomic E-state index is 12.4. The molecule has 0 unspecified atom stereocenters. The van der Waals surface area contributed by atoms with Crippen LogP contribution in [0.25, 0.3) is 0 Å². The molecule has 0 atom stereocenters. The topological polar surface area (TPSA) is 46.1 Å². The monoisotopic (exact) mass is 289 g/mol. The molecule has 1 aromatic heterocycles. The van der Waals surface area contributed by atoms with E-state index in [4.69, 9.17) is 23.2 Å². The molecular weight excluding hydrogens is 273 g/mol. The van der Waals surface area contributed by atoms with E-state index in [1.807, 2.05) is 13.8 Å². The van der Waals surface area contributed by atoms with Crippen LogP contribution in [0.1, 0.15) is 28.7 Å². The molecule has 0 aromatic carbocycles. The first kappa shape index (κ1) is 15.2. The van der Waals surface area contributed by atoms with E-state index in [0.717, 1.165) is 5.69 Å². The lowest BCUT2D eigenvalue weighted by Crippen LogP contribution is -2.35. The lowest BCUT2D eigenvalue weighted by molar-refractivity contribution is 0.0773. The number of carbonyl (C=O) groups excluding carboxylic acids is 1. The summed E-state index contributed by atoms with van der Waals surface area (Å²) in [5.74, 6) is 0.703. The number of nitrogens with zero attached hydrogens (tertiary/aromatic N) is 3. The first-order chi connectivity index (χ1) is 8.63. The molecule has 0 bridgehead atoms. The fourth-order valence-electron chi connectivity index (χ4n) is 1.65. The largest absolute Gasteiger partial charge is 0.336 e. The van der Waals surface area contributed by atoms with Crippen LogP contribution in [0, 0.1) is 6.92 Å². The van der Waals surface area contributed by atoms with Crippen LogP contribution < -0.4 is 0 Å². The van der Waals surface area contributed by atoms with Gasteiger partial charge in [0.05, 0.1) is 17.0 Å². The Morgan fingerprint density at radius 2 is 1.89 bits per heavy atom. The molecule has 1 aromatic rings. The van der Waals surface area contributed by atoms with Crippen LogP contribution in [0.2, 0.25) is 0 Å². The molecular formula is C12H17Cl2N3O. The molecule has 0 spiro atoms. The standard InChI is InChI=1S/C12H17Cl2N3O/c1-3-11-10(8-9(2)15-16-11)12(18)17(6-4-13)7-5-14/h8H,3-7H2,1-2H3. The predicted molar refractivity (Wildman–Crippen MR) is 73.5 cm³/mol. The zero-order chi connectivity index (χ0) is 13.5. The summed E-state index contributed by atoms with van der Waals surface area (Å²) >= 11 is 11.4. The number of hydrogen-bond donors (Lipinski definition) is 0. The third-order valence-corrected chi connectivity index (χ3v) is 2.89. The van der Waals surface area contributed by atoms with Crippen molar-refractivity contribution in [1.82, 2.24) is 15.1 Å². The molecule has 1 amide bonds. The van der Waals surface area contributed by atoms with Crippen LogP contribution in [-0.2, 0) is 6.42 Å². The Labute approximate surface area is 117 Å². The molecule has 0 saturated carbocycles. The minimum atomic E-state index is -0.0776. The number of hydrogen-bond acceptors (Lipinski definition) is 3. The molecule has 0 N–H and O–H groups in total. The Kier molecular flexibility index (Phi) is 6.36. The minimum Gasteiger partial charge on any atom is -0.336 e. The molecule has 18 heavy (non-hydrogen) atoms. The van der Waals surface area contributed by atoms with E-state index in [9.17, 15) is 4.79 Å². The lowest BCUT2D eigenvalue weighted by Gasteiger charge is -2.21. The van der Waals surface area contributed by atoms with Gasteiger partial charge in [-0.05, 0) is 19.4 Å². The van der Waals surface area contributed by atoms with Gasteiger partial charge in [0.1, 0.15) is 0 Å². The second-order valence-electron chi connectivity index (χ2n) is 3.87. The van der Waals surface area contributed by atoms with Crippen LogP contribution in [0.5, 0.6) is 0 Å². The van der Waals surface area contributed by atoms with Gasteiger partial charge >= 0.3 is 0 Å². The van der Waals surface area contributed by atoms with Crippen LogP contribution in [0.4, 0.5) is 0 Å². The van der Waals surface area contributed by atoms with Gasteiger partial charge in [-0.2, -0.15) is 10.2 Å². The second-order valence-corrected chi connectivity index (χ2v) is 4.63. The summed E-state index contributed by atoms with van der Waals surface area (Å²) in [7, 11) is 0. The fraction of sp³-hybridized carbons (Fsp3) is 0.583. The highest BCUT2D eigenvalue weighted by Gasteiger charge is 2.19. The third-order valence-electron chi connectivity index (χ3n) is 2.55. The van der Waals surface area contributed by atoms with Gasteiger partial charge < -0.3 is 4.90 Å². The number of halogens is 2. The Bertz CT molecular complexity index is 406. The van der Waals surface area contributed by atoms with E-state index in [1.54, 1.807) is 11.0 Å². The predicted octanol–water partition coefficient (Wildman–Crippen LogP) is 2.27. The summed E-state index contributed by atoms with van der Waals surface area (Å²) in [5, 5.41) is 8.03. The SMILES string of the molecule is CCc1nnc(C)cc1C(=O)N(CCCl)CCCl. The second kappa shape index (κ2) is 7.54. The summed E-state index contributed by atoms with van der Waals surface area (Å²) in [4.78, 5) is 14.0. The van der Waals surface area contributed by atoms with Crippen molar-refractivity contribution in [1.29, 1.82) is 0 Å². The quantitative estimate of drug-likeness (QED) is 0.755. The van der Waals surface area contributed by atoms with E-state index in [1.165, 1.54) is 0 Å². The summed E-state index contributed by atoms with van der Waals surface area (Å²) in [6, 6.07) is 1.77. The zero-order valence-corrected chi connectivity index (χ0v) is 12.1. The lowest BCUT2D eigenvalue weighted by atomic mass is 10.1. The molecule has 100 valence electrons. The molecule has 0 aliphatic heterocycles. The van der Waals surface area contributed by atoms with Gasteiger partial charge in [-0.15, -0.1) is 23.2 Å². The Hall–Kier alpha value is -0.870. The van der Waals surface area contributed by atoms with Crippen LogP contribution in [0.3, 0.4) is 0 Å². The molecule has 0 aliphatic rings. The van der Waals surface area contributed by atoms with Crippen molar-refractivity contribution in [2.45, 2.75) is 20.3 Å². The number of carbonyl (C=O) groups is 1. The van der Waals surface area contributed by atoms with Gasteiger partial charge in [-0.3, -0.25) is 4.79 Å². The normalized spacial score (nSPS) is 10.4. The van der Waals surface area contributed by atoms with Gasteiger partial charge in [-0.25, -0.2) is 0 Å². The molecule has 0 saturated heterocycles. The highest BCUT2D eigenvalue weighted by Crippen LogP contribution is 2.11. The molecule has 4 nitrogen and oxygen atoms in total. The smallest absolute Gasteiger partial charge is 0.255 e. The molecule has 0 fully saturated rings. The van der Waals surface area contributed by atoms with E-state index in [0.29, 0.717) is 42.5 Å². The van der Waals surface area contributed by atoms with Crippen LogP contribution in [0.15, 0.2) is 6.07 Å². The maximum absolute atomic E-state index is 12.4. The number of rotatable bonds is 6. The van der Waals surface area contributed by atoms with Gasteiger partial charge in [0.25, 0.3) is 5.91 Å². The summed E-state index contributed by atoms with van der Waals surface area (Å²) in [6.07, 6.45) is 0.671. The molecule has 6 heteroatoms. The number of aryl methyl sites for hydroxylation is 2. The van der Waals surface area contributed by atoms with E-state index >= 15 is 0 Å². The van der Waals surface area contributed by atoms with Crippen molar-refractivity contribution >= 4 is 29.1 Å². The molecule has 0 radical (unpaired) electrons. The van der Waals surface area contributed by atoms with Crippen molar-refractivity contribution in [3.8, 4) is 0 Å². The maximum Gasteiger partial charge on any atom is 0.255 e. The number of alkyl halides is 2. The van der Waals surface area contributed by atoms with E-state index < -0.39 is 0 Å². The third kappa shape index (κ3) is 3.82. The first-order valence-electron chi connectivity index (χ1n) is 5.88. The average Bonchev–Trinajstić information content (AvgIpc) is 2.37. The van der Waals surface area contributed by atoms with Crippen molar-refractivity contribution < 1.29 is 4.79 Å². The van der Waals surface area contributed by atoms with Crippen molar-refractivity contribution in [3.05, 3.63) is 23.0 Å². The number of amides is 1. The van der Waals surface area contributed by atoms with Crippen molar-refractivity contribution in [2.75, 3.05) is 24.8 Å². The highest BCUT2D eigenvalue weighted by atomic mass is 35.5. The number of aromatic nitrogens is 2. The molecule has 1 rings (SSSR count). The fourth-order valence-corrected chi connectivity index (χ4v) is 2.06. The van der Waals surface area contributed by atoms with Crippen molar-refractivity contribution in [2.24, 2.45) is 0 Å². The van der Waals surface area contributed by atoms with E-state index in [2.05, 4.69) is 10.2 Å². The Morgan fingerprint density at radius 3 is 2.39 bits per heavy atom. The molecule has 1 heterocycles. The first-order valence-corrected chi connectivity index (χ1v) is 6.95. The highest BCUT2D eigenvalue weighted by molar-refractivity contribution is 6.18. The van der Waals surface area contributed by atoms with Gasteiger partial charge in [0.2, 0.25) is 0 Å². The summed E-state index contributed by atoms with van der Waals surface area (Å²) in [6.45, 7) is 4.73. The van der Waals surface area contributed by atoms with Gasteiger partial charge in [0.15, 0.2) is 0 Å². The average molecular weight is 290 g/mol. The van der Waals surface area contributed by atoms with Crippen LogP contribution >= 0.6 is 23.2 Å². The van der Waals surface area contributed by atoms with Gasteiger partial charge in [-0.1, -0.05) is 6.92 Å².